The van der Waals surface area contributed by atoms with Gasteiger partial charge in [0.1, 0.15) is 5.54 Å². The molecule has 0 bridgehead atoms. The molecular formula is C14H28N2O3. The molecular weight excluding hydrogens is 244 g/mol. The summed E-state index contributed by atoms with van der Waals surface area (Å²) in [4.78, 5) is 14.3. The Kier molecular flexibility index (Phi) is 6.23. The number of nitrogens with one attached hydrogen (secondary N) is 1. The van der Waals surface area contributed by atoms with Crippen molar-refractivity contribution in [1.82, 2.24) is 10.2 Å². The molecule has 1 fully saturated rings. The fourth-order valence-corrected chi connectivity index (χ4v) is 2.79. The van der Waals surface area contributed by atoms with Crippen molar-refractivity contribution in [3.05, 3.63) is 0 Å². The molecule has 1 heterocycles. The van der Waals surface area contributed by atoms with Crippen LogP contribution in [0.25, 0.3) is 0 Å². The third-order valence-electron chi connectivity index (χ3n) is 3.62. The zero-order valence-electron chi connectivity index (χ0n) is 12.9. The number of nitrogens with zero attached hydrogens (tertiary/aromatic N) is 1. The lowest BCUT2D eigenvalue weighted by Gasteiger charge is -2.38. The highest BCUT2D eigenvalue weighted by atomic mass is 16.5. The van der Waals surface area contributed by atoms with Crippen LogP contribution < -0.4 is 5.32 Å². The normalized spacial score (nSPS) is 20.6. The molecule has 0 radical (unpaired) electrons. The van der Waals surface area contributed by atoms with Gasteiger partial charge >= 0.3 is 5.97 Å². The number of methoxy groups -OCH3 is 1. The molecule has 5 nitrogen and oxygen atoms in total. The average Bonchev–Trinajstić information content (AvgIpc) is 2.37. The van der Waals surface area contributed by atoms with Crippen molar-refractivity contribution in [3.8, 4) is 0 Å². The summed E-state index contributed by atoms with van der Waals surface area (Å²) in [7, 11) is 3.51. The van der Waals surface area contributed by atoms with E-state index in [1.54, 1.807) is 0 Å². The number of ether oxygens (including phenoxy) is 2. The number of likely N-dealkylation sites (N-methyl/N-ethyl adjacent to an activating group) is 1. The van der Waals surface area contributed by atoms with Gasteiger partial charge in [-0.05, 0) is 40.7 Å². The zero-order chi connectivity index (χ0) is 14.5. The van der Waals surface area contributed by atoms with Crippen molar-refractivity contribution >= 4 is 5.97 Å². The maximum absolute atomic E-state index is 12.1. The first-order chi connectivity index (χ1) is 8.89. The monoisotopic (exact) mass is 272 g/mol. The van der Waals surface area contributed by atoms with Gasteiger partial charge < -0.3 is 14.4 Å². The van der Waals surface area contributed by atoms with Gasteiger partial charge in [0.05, 0.1) is 7.11 Å². The Hall–Kier alpha value is -0.650. The third-order valence-corrected chi connectivity index (χ3v) is 3.62. The van der Waals surface area contributed by atoms with Crippen LogP contribution in [0.5, 0.6) is 0 Å². The fourth-order valence-electron chi connectivity index (χ4n) is 2.79. The molecule has 1 aliphatic rings. The SMILES string of the molecule is COC(=O)C(C)(CN(C)C1CCOCC1)NC(C)C. The first kappa shape index (κ1) is 16.4. The first-order valence-electron chi connectivity index (χ1n) is 7.03. The Morgan fingerprint density at radius 2 is 2.05 bits per heavy atom. The molecule has 1 unspecified atom stereocenters. The van der Waals surface area contributed by atoms with Crippen LogP contribution >= 0.6 is 0 Å². The van der Waals surface area contributed by atoms with Gasteiger partial charge in [0.2, 0.25) is 0 Å². The molecule has 1 rings (SSSR count). The molecule has 112 valence electrons. The summed E-state index contributed by atoms with van der Waals surface area (Å²) in [5, 5.41) is 3.33. The topological polar surface area (TPSA) is 50.8 Å². The molecule has 0 aromatic carbocycles. The van der Waals surface area contributed by atoms with Crippen LogP contribution in [0.3, 0.4) is 0 Å². The van der Waals surface area contributed by atoms with Crippen LogP contribution in [0, 0.1) is 0 Å². The molecule has 5 heteroatoms. The van der Waals surface area contributed by atoms with Gasteiger partial charge in [0.15, 0.2) is 0 Å². The predicted octanol–water partition coefficient (Wildman–Crippen LogP) is 1.03. The minimum Gasteiger partial charge on any atom is -0.468 e. The maximum atomic E-state index is 12.1. The predicted molar refractivity (Wildman–Crippen MR) is 75.2 cm³/mol. The molecule has 0 aliphatic carbocycles. The number of rotatable bonds is 6. The highest BCUT2D eigenvalue weighted by Crippen LogP contribution is 2.17. The molecule has 19 heavy (non-hydrogen) atoms. The van der Waals surface area contributed by atoms with E-state index < -0.39 is 5.54 Å². The van der Waals surface area contributed by atoms with Crippen LogP contribution in [-0.4, -0.2) is 62.4 Å². The summed E-state index contributed by atoms with van der Waals surface area (Å²) < 4.78 is 10.3. The number of hydrogen-bond donors (Lipinski definition) is 1. The molecule has 1 aliphatic heterocycles. The van der Waals surface area contributed by atoms with Gasteiger partial charge in [-0.25, -0.2) is 0 Å². The molecule has 0 aromatic rings. The van der Waals surface area contributed by atoms with E-state index >= 15 is 0 Å². The second-order valence-corrected chi connectivity index (χ2v) is 5.88. The summed E-state index contributed by atoms with van der Waals surface area (Å²) in [6.45, 7) is 8.24. The highest BCUT2D eigenvalue weighted by molar-refractivity contribution is 5.80. The van der Waals surface area contributed by atoms with Crippen molar-refractivity contribution < 1.29 is 14.3 Å². The van der Waals surface area contributed by atoms with Gasteiger partial charge in [-0.2, -0.15) is 0 Å². The number of carbonyl (C=O) groups excluding carboxylic acids is 1. The first-order valence-corrected chi connectivity index (χ1v) is 7.03. The van der Waals surface area contributed by atoms with Gasteiger partial charge in [-0.3, -0.25) is 10.1 Å². The summed E-state index contributed by atoms with van der Waals surface area (Å²) in [5.74, 6) is -0.208. The van der Waals surface area contributed by atoms with Crippen molar-refractivity contribution in [2.45, 2.75) is 51.2 Å². The lowest BCUT2D eigenvalue weighted by atomic mass is 9.98. The van der Waals surface area contributed by atoms with Crippen LogP contribution in [-0.2, 0) is 14.3 Å². The Balaban J connectivity index is 2.67. The maximum Gasteiger partial charge on any atom is 0.327 e. The Labute approximate surface area is 116 Å². The average molecular weight is 272 g/mol. The zero-order valence-corrected chi connectivity index (χ0v) is 12.9. The molecule has 1 N–H and O–H groups in total. The lowest BCUT2D eigenvalue weighted by molar-refractivity contribution is -0.149. The molecule has 1 atom stereocenters. The summed E-state index contributed by atoms with van der Waals surface area (Å²) in [6.07, 6.45) is 2.05. The number of hydrogen-bond acceptors (Lipinski definition) is 5. The Morgan fingerprint density at radius 1 is 1.47 bits per heavy atom. The van der Waals surface area contributed by atoms with E-state index in [1.807, 2.05) is 20.8 Å². The van der Waals surface area contributed by atoms with Gasteiger partial charge in [0.25, 0.3) is 0 Å². The van der Waals surface area contributed by atoms with Crippen molar-refractivity contribution in [2.24, 2.45) is 0 Å². The Bertz CT molecular complexity index is 290. The van der Waals surface area contributed by atoms with Crippen LogP contribution in [0.15, 0.2) is 0 Å². The van der Waals surface area contributed by atoms with E-state index in [-0.39, 0.29) is 12.0 Å². The smallest absolute Gasteiger partial charge is 0.327 e. The van der Waals surface area contributed by atoms with Crippen LogP contribution in [0.2, 0.25) is 0 Å². The van der Waals surface area contributed by atoms with E-state index in [1.165, 1.54) is 7.11 Å². The van der Waals surface area contributed by atoms with E-state index in [2.05, 4.69) is 17.3 Å². The van der Waals surface area contributed by atoms with Gasteiger partial charge in [-0.15, -0.1) is 0 Å². The number of carbonyl (C=O) groups is 1. The molecule has 0 amide bonds. The largest absolute Gasteiger partial charge is 0.468 e. The van der Waals surface area contributed by atoms with Crippen molar-refractivity contribution in [3.63, 3.8) is 0 Å². The van der Waals surface area contributed by atoms with Gasteiger partial charge in [-0.1, -0.05) is 0 Å². The quantitative estimate of drug-likeness (QED) is 0.732. The molecule has 0 aromatic heterocycles. The van der Waals surface area contributed by atoms with Crippen LogP contribution in [0.4, 0.5) is 0 Å². The Morgan fingerprint density at radius 3 is 2.53 bits per heavy atom. The lowest BCUT2D eigenvalue weighted by Crippen LogP contribution is -2.60. The molecule has 1 saturated heterocycles. The summed E-state index contributed by atoms with van der Waals surface area (Å²) in [5.41, 5.74) is -0.671. The second kappa shape index (κ2) is 7.22. The summed E-state index contributed by atoms with van der Waals surface area (Å²) in [6, 6.07) is 0.707. The van der Waals surface area contributed by atoms with Crippen molar-refractivity contribution in [2.75, 3.05) is 33.9 Å². The van der Waals surface area contributed by atoms with Crippen molar-refractivity contribution in [1.29, 1.82) is 0 Å². The second-order valence-electron chi connectivity index (χ2n) is 5.88. The minimum absolute atomic E-state index is 0.208. The summed E-state index contributed by atoms with van der Waals surface area (Å²) >= 11 is 0. The fraction of sp³-hybridized carbons (Fsp3) is 0.929. The third kappa shape index (κ3) is 4.75. The minimum atomic E-state index is -0.671. The molecule has 0 spiro atoms. The van der Waals surface area contributed by atoms with E-state index in [9.17, 15) is 4.79 Å². The van der Waals surface area contributed by atoms with Gasteiger partial charge in [0, 0.05) is 31.8 Å². The van der Waals surface area contributed by atoms with E-state index in [0.717, 1.165) is 26.1 Å². The van der Waals surface area contributed by atoms with E-state index in [4.69, 9.17) is 9.47 Å². The van der Waals surface area contributed by atoms with E-state index in [0.29, 0.717) is 12.6 Å². The standard InChI is InChI=1S/C14H28N2O3/c1-11(2)15-14(3,13(17)18-5)10-16(4)12-6-8-19-9-7-12/h11-12,15H,6-10H2,1-5H3. The van der Waals surface area contributed by atoms with Crippen LogP contribution in [0.1, 0.15) is 33.6 Å². The number of esters is 1. The highest BCUT2D eigenvalue weighted by Gasteiger charge is 2.37. The molecule has 0 saturated carbocycles.